The maximum Gasteiger partial charge on any atom is 0.408 e. The van der Waals surface area contributed by atoms with Crippen molar-refractivity contribution in [1.82, 2.24) is 21.3 Å². The average Bonchev–Trinajstić information content (AvgIpc) is 3.11. The van der Waals surface area contributed by atoms with Gasteiger partial charge in [-0.1, -0.05) is 18.2 Å². The molecule has 0 aromatic heterocycles. The van der Waals surface area contributed by atoms with Crippen LogP contribution in [0.15, 0.2) is 54.6 Å². The molecule has 288 valence electrons. The Morgan fingerprint density at radius 2 is 1.63 bits per heavy atom. The van der Waals surface area contributed by atoms with Gasteiger partial charge in [-0.15, -0.1) is 0 Å². The van der Waals surface area contributed by atoms with Gasteiger partial charge >= 0.3 is 17.7 Å². The molecular formula is C36H41N5O13. The molecule has 0 saturated heterocycles. The molecule has 18 nitrogen and oxygen atoms in total. The van der Waals surface area contributed by atoms with E-state index in [1.165, 1.54) is 63.6 Å². The lowest BCUT2D eigenvalue weighted by molar-refractivity contribution is -0.385. The average molecular weight is 752 g/mol. The van der Waals surface area contributed by atoms with Crippen molar-refractivity contribution in [2.45, 2.75) is 63.9 Å². The number of nitrogens with one attached hydrogen (secondary N) is 4. The van der Waals surface area contributed by atoms with Crippen molar-refractivity contribution in [3.05, 3.63) is 81.4 Å². The lowest BCUT2D eigenvalue weighted by atomic mass is 10.00. The second-order valence-corrected chi connectivity index (χ2v) is 13.0. The fourth-order valence-corrected chi connectivity index (χ4v) is 5.36. The van der Waals surface area contributed by atoms with Crippen molar-refractivity contribution in [3.8, 4) is 28.7 Å². The highest BCUT2D eigenvalue weighted by Gasteiger charge is 2.35. The number of carbonyl (C=O) groups excluding carboxylic acids is 5. The van der Waals surface area contributed by atoms with Crippen molar-refractivity contribution in [2.24, 2.45) is 0 Å². The molecule has 4 bridgehead atoms. The van der Waals surface area contributed by atoms with Gasteiger partial charge in [0.2, 0.25) is 29.2 Å². The molecule has 54 heavy (non-hydrogen) atoms. The number of carbonyl (C=O) groups is 5. The molecule has 0 radical (unpaired) electrons. The van der Waals surface area contributed by atoms with Gasteiger partial charge in [-0.3, -0.25) is 24.5 Å². The lowest BCUT2D eigenvalue weighted by Gasteiger charge is -2.27. The third kappa shape index (κ3) is 9.84. The number of benzene rings is 3. The SMILES string of the molecule is COC(=O)[C@@H]1Cc2ccc(c([N+](=O)[O-])c2)Oc2cc(cc(O)c2OC)[C@@H](NC(=O)[C@H](C)NC(=O)OC(C)(C)C)C(=O)N[C@H](c2ccc(OC)cc2)C(=O)N1. The summed E-state index contributed by atoms with van der Waals surface area (Å²) in [7, 11) is 3.73. The molecule has 0 unspecified atom stereocenters. The van der Waals surface area contributed by atoms with Gasteiger partial charge in [-0.2, -0.15) is 0 Å². The smallest absolute Gasteiger partial charge is 0.408 e. The van der Waals surface area contributed by atoms with Crippen molar-refractivity contribution >= 4 is 35.5 Å². The van der Waals surface area contributed by atoms with E-state index in [1.54, 1.807) is 20.8 Å². The van der Waals surface area contributed by atoms with E-state index in [1.807, 2.05) is 0 Å². The van der Waals surface area contributed by atoms with Crippen LogP contribution in [-0.4, -0.2) is 78.8 Å². The first-order valence-corrected chi connectivity index (χ1v) is 16.4. The van der Waals surface area contributed by atoms with E-state index in [0.717, 1.165) is 19.2 Å². The number of phenols is 1. The van der Waals surface area contributed by atoms with Crippen LogP contribution in [0.2, 0.25) is 0 Å². The minimum Gasteiger partial charge on any atom is -0.504 e. The third-order valence-corrected chi connectivity index (χ3v) is 7.95. The number of amides is 4. The maximum atomic E-state index is 14.3. The predicted octanol–water partition coefficient (Wildman–Crippen LogP) is 3.25. The second-order valence-electron chi connectivity index (χ2n) is 13.0. The number of phenolic OH excluding ortho intramolecular Hbond substituents is 1. The second kappa shape index (κ2) is 16.8. The van der Waals surface area contributed by atoms with Gasteiger partial charge in [0.05, 0.1) is 26.3 Å². The van der Waals surface area contributed by atoms with Crippen LogP contribution < -0.4 is 35.5 Å². The molecule has 2 aliphatic rings. The Labute approximate surface area is 309 Å². The molecule has 3 aromatic rings. The summed E-state index contributed by atoms with van der Waals surface area (Å²) in [5.74, 6) is -4.72. The molecule has 18 heteroatoms. The molecule has 2 aliphatic heterocycles. The Kier molecular flexibility index (Phi) is 12.5. The molecule has 3 aromatic carbocycles. The molecular weight excluding hydrogens is 710 g/mol. The first-order valence-electron chi connectivity index (χ1n) is 16.4. The Morgan fingerprint density at radius 3 is 2.22 bits per heavy atom. The zero-order valence-corrected chi connectivity index (χ0v) is 30.5. The fourth-order valence-electron chi connectivity index (χ4n) is 5.36. The van der Waals surface area contributed by atoms with Gasteiger partial charge in [-0.25, -0.2) is 9.59 Å². The number of methoxy groups -OCH3 is 3. The molecule has 2 heterocycles. The molecule has 5 N–H and O–H groups in total. The van der Waals surface area contributed by atoms with E-state index in [4.69, 9.17) is 23.7 Å². The molecule has 5 rings (SSSR count). The molecule has 4 atom stereocenters. The summed E-state index contributed by atoms with van der Waals surface area (Å²) in [6.45, 7) is 6.21. The summed E-state index contributed by atoms with van der Waals surface area (Å²) in [6.07, 6.45) is -1.20. The van der Waals surface area contributed by atoms with Crippen molar-refractivity contribution in [2.75, 3.05) is 21.3 Å². The van der Waals surface area contributed by atoms with Crippen LogP contribution in [0.5, 0.6) is 28.7 Å². The number of esters is 1. The van der Waals surface area contributed by atoms with Gasteiger partial charge in [0.25, 0.3) is 0 Å². The first kappa shape index (κ1) is 40.2. The number of rotatable bonds is 8. The van der Waals surface area contributed by atoms with Crippen LogP contribution >= 0.6 is 0 Å². The van der Waals surface area contributed by atoms with Crippen LogP contribution in [-0.2, 0) is 35.1 Å². The quantitative estimate of drug-likeness (QED) is 0.126. The summed E-state index contributed by atoms with van der Waals surface area (Å²) in [5.41, 5.74) is -1.12. The van der Waals surface area contributed by atoms with Gasteiger partial charge in [-0.05, 0) is 74.7 Å². The Balaban J connectivity index is 1.91. The number of hydrogen-bond acceptors (Lipinski definition) is 13. The molecule has 0 aliphatic carbocycles. The van der Waals surface area contributed by atoms with E-state index in [9.17, 15) is 39.2 Å². The minimum absolute atomic E-state index is 0.133. The topological polar surface area (TPSA) is 243 Å². The molecule has 0 fully saturated rings. The van der Waals surface area contributed by atoms with Crippen molar-refractivity contribution < 1.29 is 57.7 Å². The summed E-state index contributed by atoms with van der Waals surface area (Å²) in [6, 6.07) is 6.21. The number of nitrogens with zero attached hydrogens (tertiary/aromatic N) is 1. The zero-order valence-electron chi connectivity index (χ0n) is 30.5. The Morgan fingerprint density at radius 1 is 0.944 bits per heavy atom. The van der Waals surface area contributed by atoms with Crippen molar-refractivity contribution in [1.29, 1.82) is 0 Å². The van der Waals surface area contributed by atoms with E-state index >= 15 is 0 Å². The largest absolute Gasteiger partial charge is 0.504 e. The zero-order chi connectivity index (χ0) is 39.9. The summed E-state index contributed by atoms with van der Waals surface area (Å²) < 4.78 is 26.6. The molecule has 0 saturated carbocycles. The first-order chi connectivity index (χ1) is 25.4. The Bertz CT molecular complexity index is 1930. The van der Waals surface area contributed by atoms with Crippen LogP contribution in [0.25, 0.3) is 0 Å². The third-order valence-electron chi connectivity index (χ3n) is 7.95. The van der Waals surface area contributed by atoms with Gasteiger partial charge in [0.15, 0.2) is 11.5 Å². The van der Waals surface area contributed by atoms with Gasteiger partial charge in [0, 0.05) is 12.5 Å². The molecule has 4 amide bonds. The Hall–Kier alpha value is -6.59. The highest BCUT2D eigenvalue weighted by molar-refractivity contribution is 5.96. The summed E-state index contributed by atoms with van der Waals surface area (Å²) in [4.78, 5) is 78.9. The van der Waals surface area contributed by atoms with Crippen molar-refractivity contribution in [3.63, 3.8) is 0 Å². The van der Waals surface area contributed by atoms with Crippen LogP contribution in [0.1, 0.15) is 56.5 Å². The van der Waals surface area contributed by atoms with E-state index in [2.05, 4.69) is 21.3 Å². The van der Waals surface area contributed by atoms with Gasteiger partial charge in [0.1, 0.15) is 35.5 Å². The highest BCUT2D eigenvalue weighted by Crippen LogP contribution is 2.43. The number of nitro benzene ring substituents is 1. The number of alkyl carbamates (subject to hydrolysis) is 1. The summed E-state index contributed by atoms with van der Waals surface area (Å²) in [5, 5.41) is 33.3. The standard InChI is InChI=1S/C36H41N5O13/c1-18(37-35(47)54-36(2,3)4)31(43)39-29-21-16-25(42)30(51-6)27(17-21)53-26-13-8-19(15-24(26)41(48)49)14-23(34(46)52-7)38-32(44)28(40-33(29)45)20-9-11-22(50-5)12-10-20/h8-13,15-18,23,28-29,42H,14H2,1-7H3,(H,37,47)(H,38,44)(H,39,43)(H,40,45)/t18-,23-,28+,29+/m0/s1. The van der Waals surface area contributed by atoms with Crippen LogP contribution in [0, 0.1) is 10.1 Å². The van der Waals surface area contributed by atoms with Crippen LogP contribution in [0.3, 0.4) is 0 Å². The normalized spacial score (nSPS) is 17.8. The fraction of sp³-hybridized carbons (Fsp3) is 0.361. The van der Waals surface area contributed by atoms with E-state index in [-0.39, 0.29) is 40.4 Å². The number of fused-ring (bicyclic) bond motifs is 9. The van der Waals surface area contributed by atoms with E-state index < -0.39 is 75.9 Å². The maximum absolute atomic E-state index is 14.3. The number of aromatic hydroxyl groups is 1. The predicted molar refractivity (Wildman–Crippen MR) is 189 cm³/mol. The number of nitro groups is 1. The lowest BCUT2D eigenvalue weighted by Crippen LogP contribution is -2.52. The highest BCUT2D eigenvalue weighted by atomic mass is 16.6. The summed E-state index contributed by atoms with van der Waals surface area (Å²) >= 11 is 0. The minimum atomic E-state index is -1.73. The molecule has 0 spiro atoms. The van der Waals surface area contributed by atoms with E-state index in [0.29, 0.717) is 5.75 Å². The number of ether oxygens (including phenoxy) is 5. The van der Waals surface area contributed by atoms with Gasteiger partial charge < -0.3 is 50.1 Å². The number of hydrogen-bond donors (Lipinski definition) is 5. The van der Waals surface area contributed by atoms with Crippen LogP contribution in [0.4, 0.5) is 10.5 Å². The monoisotopic (exact) mass is 751 g/mol.